The van der Waals surface area contributed by atoms with Crippen LogP contribution in [0.2, 0.25) is 0 Å². The molecule has 0 aliphatic carbocycles. The molecule has 0 saturated heterocycles. The Morgan fingerprint density at radius 1 is 1.27 bits per heavy atom. The first-order valence-corrected chi connectivity index (χ1v) is 8.36. The Bertz CT molecular complexity index is 673. The second-order valence-electron chi connectivity index (χ2n) is 7.15. The molecule has 1 amide bonds. The summed E-state index contributed by atoms with van der Waals surface area (Å²) >= 11 is 0. The van der Waals surface area contributed by atoms with Crippen molar-refractivity contribution in [2.45, 2.75) is 52.9 Å². The van der Waals surface area contributed by atoms with E-state index >= 15 is 0 Å². The predicted molar refractivity (Wildman–Crippen MR) is 91.1 cm³/mol. The fourth-order valence-corrected chi connectivity index (χ4v) is 2.50. The lowest BCUT2D eigenvalue weighted by Crippen LogP contribution is -2.48. The summed E-state index contributed by atoms with van der Waals surface area (Å²) in [7, 11) is 0. The molecule has 0 spiro atoms. The number of hydrogen-bond donors (Lipinski definition) is 0. The van der Waals surface area contributed by atoms with E-state index in [1.807, 2.05) is 13.0 Å². The summed E-state index contributed by atoms with van der Waals surface area (Å²) < 4.78 is 40.1. The molecule has 0 saturated carbocycles. The topological polar surface area (TPSA) is 60.9 Å². The lowest BCUT2D eigenvalue weighted by molar-refractivity contribution is -0.0531. The minimum absolute atomic E-state index is 0.0363. The molecule has 2 atom stereocenters. The second-order valence-corrected chi connectivity index (χ2v) is 7.15. The average Bonchev–Trinajstić information content (AvgIpc) is 2.48. The number of rotatable bonds is 4. The maximum absolute atomic E-state index is 12.4. The van der Waals surface area contributed by atoms with Crippen molar-refractivity contribution in [1.29, 1.82) is 0 Å². The molecule has 1 aliphatic heterocycles. The van der Waals surface area contributed by atoms with Crippen LogP contribution in [0.5, 0.6) is 11.8 Å². The number of ether oxygens (including phenoxy) is 3. The zero-order valence-corrected chi connectivity index (χ0v) is 15.5. The SMILES string of the molecule is C[C@@H]1C=C(Oc2cccc(OC(F)F)n2)[C@H](C)N(C(=O)OC(C)(C)C)C1. The number of aromatic nitrogens is 1. The fourth-order valence-electron chi connectivity index (χ4n) is 2.50. The van der Waals surface area contributed by atoms with Gasteiger partial charge in [-0.25, -0.2) is 4.79 Å². The standard InChI is InChI=1S/C18H24F2N2O4/c1-11-9-13(12(2)22(10-11)17(23)26-18(3,4)5)24-14-7-6-8-15(21-14)25-16(19)20/h6-9,11-12,16H,10H2,1-5H3/t11-,12+/m1/s1. The largest absolute Gasteiger partial charge is 0.444 e. The van der Waals surface area contributed by atoms with Crippen LogP contribution < -0.4 is 9.47 Å². The lowest BCUT2D eigenvalue weighted by Gasteiger charge is -2.37. The molecule has 1 aromatic heterocycles. The van der Waals surface area contributed by atoms with Gasteiger partial charge in [-0.05, 0) is 39.7 Å². The molecule has 2 rings (SSSR count). The van der Waals surface area contributed by atoms with E-state index in [-0.39, 0.29) is 23.7 Å². The maximum Gasteiger partial charge on any atom is 0.410 e. The molecule has 2 heterocycles. The van der Waals surface area contributed by atoms with Gasteiger partial charge in [-0.15, -0.1) is 0 Å². The van der Waals surface area contributed by atoms with Crippen LogP contribution in [-0.4, -0.2) is 40.8 Å². The minimum atomic E-state index is -2.96. The van der Waals surface area contributed by atoms with Crippen molar-refractivity contribution in [2.24, 2.45) is 5.92 Å². The van der Waals surface area contributed by atoms with E-state index < -0.39 is 18.3 Å². The highest BCUT2D eigenvalue weighted by Crippen LogP contribution is 2.26. The molecule has 0 radical (unpaired) electrons. The van der Waals surface area contributed by atoms with Gasteiger partial charge in [0.05, 0.1) is 6.04 Å². The molecule has 144 valence electrons. The van der Waals surface area contributed by atoms with Gasteiger partial charge in [-0.1, -0.05) is 13.0 Å². The second kappa shape index (κ2) is 7.88. The van der Waals surface area contributed by atoms with Crippen LogP contribution in [0.1, 0.15) is 34.6 Å². The Morgan fingerprint density at radius 2 is 1.92 bits per heavy atom. The third-order valence-corrected chi connectivity index (χ3v) is 3.57. The van der Waals surface area contributed by atoms with Gasteiger partial charge in [-0.2, -0.15) is 13.8 Å². The van der Waals surface area contributed by atoms with Gasteiger partial charge in [0.15, 0.2) is 0 Å². The van der Waals surface area contributed by atoms with E-state index in [0.717, 1.165) is 0 Å². The predicted octanol–water partition coefficient (Wildman–Crippen LogP) is 4.22. The van der Waals surface area contributed by atoms with E-state index in [4.69, 9.17) is 9.47 Å². The minimum Gasteiger partial charge on any atom is -0.444 e. The monoisotopic (exact) mass is 370 g/mol. The first-order chi connectivity index (χ1) is 12.0. The van der Waals surface area contributed by atoms with Gasteiger partial charge in [-0.3, -0.25) is 4.90 Å². The van der Waals surface area contributed by atoms with Gasteiger partial charge in [0.2, 0.25) is 11.8 Å². The Morgan fingerprint density at radius 3 is 2.54 bits per heavy atom. The van der Waals surface area contributed by atoms with Crippen molar-refractivity contribution >= 4 is 6.09 Å². The smallest absolute Gasteiger partial charge is 0.410 e. The van der Waals surface area contributed by atoms with Crippen LogP contribution in [-0.2, 0) is 4.74 Å². The molecular formula is C18H24F2N2O4. The number of pyridine rings is 1. The number of carbonyl (C=O) groups excluding carboxylic acids is 1. The maximum atomic E-state index is 12.4. The van der Waals surface area contributed by atoms with Crippen molar-refractivity contribution in [3.8, 4) is 11.8 Å². The van der Waals surface area contributed by atoms with E-state index in [9.17, 15) is 13.6 Å². The molecule has 0 N–H and O–H groups in total. The zero-order valence-electron chi connectivity index (χ0n) is 15.5. The Hall–Kier alpha value is -2.38. The molecule has 0 bridgehead atoms. The molecule has 1 aromatic rings. The summed E-state index contributed by atoms with van der Waals surface area (Å²) in [5.74, 6) is 0.406. The Balaban J connectivity index is 2.15. The highest BCUT2D eigenvalue weighted by molar-refractivity contribution is 5.69. The Kier molecular flexibility index (Phi) is 6.05. The van der Waals surface area contributed by atoms with Gasteiger partial charge in [0, 0.05) is 18.7 Å². The van der Waals surface area contributed by atoms with E-state index in [2.05, 4.69) is 9.72 Å². The molecule has 1 aliphatic rings. The van der Waals surface area contributed by atoms with Crippen molar-refractivity contribution < 1.29 is 27.8 Å². The summed E-state index contributed by atoms with van der Waals surface area (Å²) in [5.41, 5.74) is -0.606. The van der Waals surface area contributed by atoms with Crippen LogP contribution in [0.3, 0.4) is 0 Å². The van der Waals surface area contributed by atoms with Crippen LogP contribution >= 0.6 is 0 Å². The summed E-state index contributed by atoms with van der Waals surface area (Å²) in [6, 6.07) is 3.96. The molecule has 8 heteroatoms. The van der Waals surface area contributed by atoms with E-state index in [1.54, 1.807) is 32.6 Å². The van der Waals surface area contributed by atoms with Gasteiger partial charge in [0.25, 0.3) is 0 Å². The van der Waals surface area contributed by atoms with Gasteiger partial charge < -0.3 is 14.2 Å². The third-order valence-electron chi connectivity index (χ3n) is 3.57. The third kappa shape index (κ3) is 5.57. The number of halogens is 2. The molecule has 26 heavy (non-hydrogen) atoms. The number of nitrogens with zero attached hydrogens (tertiary/aromatic N) is 2. The number of carbonyl (C=O) groups is 1. The summed E-state index contributed by atoms with van der Waals surface area (Å²) in [6.07, 6.45) is 1.45. The molecule has 0 aromatic carbocycles. The van der Waals surface area contributed by atoms with E-state index in [1.165, 1.54) is 18.2 Å². The van der Waals surface area contributed by atoms with Crippen molar-refractivity contribution in [1.82, 2.24) is 9.88 Å². The normalized spacial score (nSPS) is 20.6. The summed E-state index contributed by atoms with van der Waals surface area (Å²) in [5, 5.41) is 0. The summed E-state index contributed by atoms with van der Waals surface area (Å²) in [4.78, 5) is 17.9. The first-order valence-electron chi connectivity index (χ1n) is 8.36. The van der Waals surface area contributed by atoms with E-state index in [0.29, 0.717) is 12.3 Å². The van der Waals surface area contributed by atoms with Crippen LogP contribution in [0.4, 0.5) is 13.6 Å². The number of hydrogen-bond acceptors (Lipinski definition) is 5. The zero-order chi connectivity index (χ0) is 19.5. The highest BCUT2D eigenvalue weighted by atomic mass is 19.3. The van der Waals surface area contributed by atoms with Gasteiger partial charge in [0.1, 0.15) is 11.4 Å². The fraction of sp³-hybridized carbons (Fsp3) is 0.556. The average molecular weight is 370 g/mol. The van der Waals surface area contributed by atoms with Crippen molar-refractivity contribution in [3.05, 3.63) is 30.0 Å². The van der Waals surface area contributed by atoms with Crippen molar-refractivity contribution in [2.75, 3.05) is 6.54 Å². The van der Waals surface area contributed by atoms with Gasteiger partial charge >= 0.3 is 12.7 Å². The summed E-state index contributed by atoms with van der Waals surface area (Å²) in [6.45, 7) is 6.67. The molecule has 6 nitrogen and oxygen atoms in total. The molecule has 0 unspecified atom stereocenters. The van der Waals surface area contributed by atoms with Crippen molar-refractivity contribution in [3.63, 3.8) is 0 Å². The number of alkyl halides is 2. The quantitative estimate of drug-likeness (QED) is 0.794. The van der Waals surface area contributed by atoms with Crippen LogP contribution in [0.25, 0.3) is 0 Å². The van der Waals surface area contributed by atoms with Crippen LogP contribution in [0.15, 0.2) is 30.0 Å². The lowest BCUT2D eigenvalue weighted by atomic mass is 10.0. The highest BCUT2D eigenvalue weighted by Gasteiger charge is 2.33. The first kappa shape index (κ1) is 19.9. The molecule has 0 fully saturated rings. The Labute approximate surface area is 151 Å². The number of amides is 1. The van der Waals surface area contributed by atoms with Crippen LogP contribution in [0, 0.1) is 5.92 Å². The molecular weight excluding hydrogens is 346 g/mol.